The first-order valence-electron chi connectivity index (χ1n) is 10.3. The Bertz CT molecular complexity index is 1280. The predicted molar refractivity (Wildman–Crippen MR) is 121 cm³/mol. The van der Waals surface area contributed by atoms with Gasteiger partial charge in [-0.15, -0.1) is 11.3 Å². The third-order valence-electron chi connectivity index (χ3n) is 5.55. The number of hydrazine groups is 1. The minimum Gasteiger partial charge on any atom is -0.451 e. The van der Waals surface area contributed by atoms with Gasteiger partial charge in [-0.2, -0.15) is 5.01 Å². The van der Waals surface area contributed by atoms with Gasteiger partial charge in [0.25, 0.3) is 11.8 Å². The molecule has 4 amide bonds. The zero-order chi connectivity index (χ0) is 23.9. The van der Waals surface area contributed by atoms with Crippen molar-refractivity contribution in [2.45, 2.75) is 39.7 Å². The molecule has 11 heteroatoms. The zero-order valence-electron chi connectivity index (χ0n) is 18.6. The van der Waals surface area contributed by atoms with Gasteiger partial charge in [-0.25, -0.2) is 14.6 Å². The van der Waals surface area contributed by atoms with E-state index in [2.05, 4.69) is 15.7 Å². The minimum absolute atomic E-state index is 0.295. The molecule has 0 saturated carbocycles. The Labute approximate surface area is 193 Å². The molecule has 0 bridgehead atoms. The number of thiophene rings is 1. The highest BCUT2D eigenvalue weighted by Gasteiger charge is 2.47. The molecule has 3 aromatic heterocycles. The molecule has 4 heterocycles. The minimum atomic E-state index is -1.09. The fraction of sp³-hybridized carbons (Fsp3) is 0.318. The number of nitrogens with one attached hydrogen (secondary N) is 2. The van der Waals surface area contributed by atoms with Crippen molar-refractivity contribution in [1.29, 1.82) is 0 Å². The first-order chi connectivity index (χ1) is 15.6. The molecular formula is C22H23N5O5S. The summed E-state index contributed by atoms with van der Waals surface area (Å²) in [6.45, 7) is 6.48. The number of fused-ring (bicyclic) bond motifs is 1. The highest BCUT2D eigenvalue weighted by atomic mass is 32.1. The third kappa shape index (κ3) is 3.95. The molecule has 172 valence electrons. The molecule has 0 radical (unpaired) electrons. The summed E-state index contributed by atoms with van der Waals surface area (Å²) in [5.74, 6) is -2.09. The number of carbonyl (C=O) groups excluding carboxylic acids is 4. The zero-order valence-corrected chi connectivity index (χ0v) is 19.4. The van der Waals surface area contributed by atoms with Crippen molar-refractivity contribution in [2.24, 2.45) is 0 Å². The van der Waals surface area contributed by atoms with Crippen molar-refractivity contribution in [2.75, 3.05) is 6.61 Å². The molecule has 0 aromatic carbocycles. The fourth-order valence-electron chi connectivity index (χ4n) is 3.67. The van der Waals surface area contributed by atoms with E-state index in [1.165, 1.54) is 11.3 Å². The van der Waals surface area contributed by atoms with Crippen LogP contribution in [0.5, 0.6) is 0 Å². The number of ether oxygens (including phenoxy) is 1. The second-order valence-corrected chi connectivity index (χ2v) is 9.00. The van der Waals surface area contributed by atoms with Crippen LogP contribution in [0.4, 0.5) is 4.79 Å². The van der Waals surface area contributed by atoms with Crippen LogP contribution < -0.4 is 10.7 Å². The Morgan fingerprint density at radius 1 is 1.24 bits per heavy atom. The van der Waals surface area contributed by atoms with Crippen LogP contribution in [0, 0.1) is 13.8 Å². The van der Waals surface area contributed by atoms with E-state index in [0.717, 1.165) is 16.6 Å². The third-order valence-corrected chi connectivity index (χ3v) is 6.60. The number of pyridine rings is 1. The highest BCUT2D eigenvalue weighted by molar-refractivity contribution is 7.21. The number of carbonyl (C=O) groups is 4. The highest BCUT2D eigenvalue weighted by Crippen LogP contribution is 2.36. The molecule has 1 atom stereocenters. The summed E-state index contributed by atoms with van der Waals surface area (Å²) in [5.41, 5.74) is 3.53. The van der Waals surface area contributed by atoms with E-state index in [1.807, 2.05) is 44.4 Å². The smallest absolute Gasteiger partial charge is 0.351 e. The van der Waals surface area contributed by atoms with Crippen LogP contribution in [0.25, 0.3) is 15.9 Å². The maximum atomic E-state index is 13.0. The fourth-order valence-corrected chi connectivity index (χ4v) is 4.86. The molecule has 33 heavy (non-hydrogen) atoms. The average molecular weight is 470 g/mol. The van der Waals surface area contributed by atoms with Gasteiger partial charge in [-0.3, -0.25) is 15.0 Å². The van der Waals surface area contributed by atoms with Gasteiger partial charge >= 0.3 is 12.0 Å². The van der Waals surface area contributed by atoms with E-state index in [9.17, 15) is 19.2 Å². The molecule has 4 rings (SSSR count). The first kappa shape index (κ1) is 22.5. The van der Waals surface area contributed by atoms with Gasteiger partial charge in [-0.05, 0) is 51.0 Å². The quantitative estimate of drug-likeness (QED) is 0.423. The SMILES string of the molecule is CCC1(C)NC(=O)N(NC(=O)COC(=O)c2sc3nc(C)cc(C)c3c2-n2cccc2)C1=O. The molecule has 2 N–H and O–H groups in total. The van der Waals surface area contributed by atoms with Crippen LogP contribution in [-0.4, -0.2) is 50.5 Å². The number of nitrogens with zero attached hydrogens (tertiary/aromatic N) is 3. The molecule has 3 aromatic rings. The maximum absolute atomic E-state index is 13.0. The molecular weight excluding hydrogens is 446 g/mol. The molecule has 0 spiro atoms. The molecule has 1 unspecified atom stereocenters. The van der Waals surface area contributed by atoms with Gasteiger partial charge in [0.2, 0.25) is 0 Å². The Hall–Kier alpha value is -3.73. The lowest BCUT2D eigenvalue weighted by Crippen LogP contribution is -2.49. The Balaban J connectivity index is 1.54. The van der Waals surface area contributed by atoms with Crippen molar-refractivity contribution in [1.82, 2.24) is 25.3 Å². The number of imide groups is 1. The lowest BCUT2D eigenvalue weighted by molar-refractivity contribution is -0.139. The standard InChI is InChI=1S/C22H23N5O5S/c1-5-22(4)20(30)27(21(31)24-22)25-14(28)11-32-19(29)17-16(26-8-6-7-9-26)15-12(2)10-13(3)23-18(15)33-17/h6-10H,5,11H2,1-4H3,(H,24,31)(H,25,28). The summed E-state index contributed by atoms with van der Waals surface area (Å²) in [5, 5.41) is 3.97. The average Bonchev–Trinajstić information content (AvgIpc) is 3.46. The number of hydrogen-bond donors (Lipinski definition) is 2. The summed E-state index contributed by atoms with van der Waals surface area (Å²) < 4.78 is 7.04. The van der Waals surface area contributed by atoms with Crippen molar-refractivity contribution >= 4 is 45.4 Å². The largest absolute Gasteiger partial charge is 0.451 e. The van der Waals surface area contributed by atoms with Crippen LogP contribution in [0.3, 0.4) is 0 Å². The lowest BCUT2D eigenvalue weighted by atomic mass is 10.00. The van der Waals surface area contributed by atoms with Gasteiger partial charge in [0, 0.05) is 23.5 Å². The summed E-state index contributed by atoms with van der Waals surface area (Å²) in [4.78, 5) is 55.3. The van der Waals surface area contributed by atoms with Gasteiger partial charge in [-0.1, -0.05) is 6.92 Å². The number of amides is 4. The lowest BCUT2D eigenvalue weighted by Gasteiger charge is -2.19. The van der Waals surface area contributed by atoms with Crippen LogP contribution >= 0.6 is 11.3 Å². The summed E-state index contributed by atoms with van der Waals surface area (Å²) in [7, 11) is 0. The molecule has 0 aliphatic carbocycles. The summed E-state index contributed by atoms with van der Waals surface area (Å²) in [6, 6.07) is 4.88. The molecule has 1 aliphatic rings. The first-order valence-corrected chi connectivity index (χ1v) is 11.1. The number of rotatable bonds is 6. The Kier molecular flexibility index (Phi) is 5.66. The molecule has 10 nitrogen and oxygen atoms in total. The number of aromatic nitrogens is 2. The number of esters is 1. The summed E-state index contributed by atoms with van der Waals surface area (Å²) in [6.07, 6.45) is 3.99. The summed E-state index contributed by atoms with van der Waals surface area (Å²) >= 11 is 1.18. The van der Waals surface area contributed by atoms with Crippen molar-refractivity contribution in [3.05, 3.63) is 46.7 Å². The monoisotopic (exact) mass is 469 g/mol. The van der Waals surface area contributed by atoms with Crippen molar-refractivity contribution < 1.29 is 23.9 Å². The predicted octanol–water partition coefficient (Wildman–Crippen LogP) is 2.61. The van der Waals surface area contributed by atoms with E-state index in [1.54, 1.807) is 18.4 Å². The van der Waals surface area contributed by atoms with Crippen LogP contribution in [0.15, 0.2) is 30.6 Å². The van der Waals surface area contributed by atoms with E-state index in [4.69, 9.17) is 4.74 Å². The van der Waals surface area contributed by atoms with Crippen molar-refractivity contribution in [3.8, 4) is 5.69 Å². The topological polar surface area (TPSA) is 123 Å². The Morgan fingerprint density at radius 3 is 2.58 bits per heavy atom. The van der Waals surface area contributed by atoms with E-state index < -0.39 is 36.0 Å². The van der Waals surface area contributed by atoms with Crippen LogP contribution in [-0.2, 0) is 14.3 Å². The molecule has 1 aliphatic heterocycles. The van der Waals surface area contributed by atoms with Crippen LogP contribution in [0.1, 0.15) is 41.2 Å². The van der Waals surface area contributed by atoms with Gasteiger partial charge in [0.1, 0.15) is 15.2 Å². The number of aryl methyl sites for hydroxylation is 2. The van der Waals surface area contributed by atoms with E-state index >= 15 is 0 Å². The van der Waals surface area contributed by atoms with E-state index in [0.29, 0.717) is 26.8 Å². The van der Waals surface area contributed by atoms with Crippen molar-refractivity contribution in [3.63, 3.8) is 0 Å². The van der Waals surface area contributed by atoms with Gasteiger partial charge in [0.05, 0.1) is 5.69 Å². The van der Waals surface area contributed by atoms with Crippen LogP contribution in [0.2, 0.25) is 0 Å². The maximum Gasteiger partial charge on any atom is 0.351 e. The van der Waals surface area contributed by atoms with E-state index in [-0.39, 0.29) is 0 Å². The normalized spacial score (nSPS) is 18.0. The van der Waals surface area contributed by atoms with Gasteiger partial charge < -0.3 is 14.6 Å². The van der Waals surface area contributed by atoms with Gasteiger partial charge in [0.15, 0.2) is 6.61 Å². The Morgan fingerprint density at radius 2 is 1.94 bits per heavy atom. The second-order valence-electron chi connectivity index (χ2n) is 8.00. The molecule has 1 saturated heterocycles. The number of urea groups is 1. The molecule has 1 fully saturated rings. The second kappa shape index (κ2) is 8.32. The number of hydrogen-bond acceptors (Lipinski definition) is 7.